The molecule has 0 aliphatic carbocycles. The Kier molecular flexibility index (Phi) is 13.0. The average molecular weight is 752 g/mol. The molecule has 10 rings (SSSR count). The molecule has 278 valence electrons. The highest BCUT2D eigenvalue weighted by Gasteiger charge is 1.95. The SMILES string of the molecule is C.O=c1ccnc2ccncn12.O=c1ccnc2cnccn12.O=c1ccnc2ncccn12.O=c1cnnc2ccccn12.O=c1ncnc2ccccn12. The van der Waals surface area contributed by atoms with E-state index < -0.39 is 0 Å². The van der Waals surface area contributed by atoms with Gasteiger partial charge in [0.25, 0.3) is 22.2 Å². The van der Waals surface area contributed by atoms with Gasteiger partial charge in [-0.25, -0.2) is 34.7 Å². The van der Waals surface area contributed by atoms with E-state index in [2.05, 4.69) is 50.1 Å². The molecule has 0 aliphatic rings. The van der Waals surface area contributed by atoms with Gasteiger partial charge in [0.15, 0.2) is 11.3 Å². The molecule has 0 atom stereocenters. The number of hydrogen-bond acceptors (Lipinski definition) is 15. The molecule has 0 saturated heterocycles. The van der Waals surface area contributed by atoms with Crippen LogP contribution < -0.4 is 27.9 Å². The molecule has 10 aromatic rings. The molecule has 10 heterocycles. The van der Waals surface area contributed by atoms with Crippen LogP contribution in [0.15, 0.2) is 178 Å². The average Bonchev–Trinajstić information content (AvgIpc) is 3.23. The fraction of sp³-hybridized carbons (Fsp3) is 0.0278. The molecule has 0 radical (unpaired) electrons. The summed E-state index contributed by atoms with van der Waals surface area (Å²) in [7, 11) is 0. The van der Waals surface area contributed by atoms with Gasteiger partial charge in [0.1, 0.15) is 30.1 Å². The van der Waals surface area contributed by atoms with Crippen LogP contribution in [0.2, 0.25) is 0 Å². The van der Waals surface area contributed by atoms with Crippen molar-refractivity contribution in [1.82, 2.24) is 72.1 Å². The minimum Gasteiger partial charge on any atom is -0.269 e. The molecule has 0 aliphatic heterocycles. The lowest BCUT2D eigenvalue weighted by Crippen LogP contribution is -2.16. The first-order valence-electron chi connectivity index (χ1n) is 15.8. The van der Waals surface area contributed by atoms with Gasteiger partial charge in [-0.05, 0) is 36.4 Å². The number of aromatic nitrogens is 15. The number of hydrogen-bond donors (Lipinski definition) is 0. The minimum atomic E-state index is -0.296. The molecule has 20 heteroatoms. The fourth-order valence-corrected chi connectivity index (χ4v) is 4.46. The van der Waals surface area contributed by atoms with Gasteiger partial charge in [0.2, 0.25) is 5.78 Å². The lowest BCUT2D eigenvalue weighted by atomic mass is 10.5. The Morgan fingerprint density at radius 2 is 1.04 bits per heavy atom. The van der Waals surface area contributed by atoms with Crippen molar-refractivity contribution >= 4 is 28.4 Å². The number of pyridine rings is 2. The topological polar surface area (TPSA) is 236 Å². The van der Waals surface area contributed by atoms with E-state index in [1.165, 1.54) is 77.6 Å². The second-order valence-corrected chi connectivity index (χ2v) is 10.4. The lowest BCUT2D eigenvalue weighted by molar-refractivity contribution is 0.934. The van der Waals surface area contributed by atoms with Crippen molar-refractivity contribution in [2.75, 3.05) is 0 Å². The van der Waals surface area contributed by atoms with E-state index in [1.807, 2.05) is 12.1 Å². The van der Waals surface area contributed by atoms with E-state index in [0.29, 0.717) is 28.4 Å². The molecule has 0 spiro atoms. The Labute approximate surface area is 313 Å². The molecular weight excluding hydrogens is 722 g/mol. The van der Waals surface area contributed by atoms with Crippen LogP contribution in [-0.4, -0.2) is 72.1 Å². The summed E-state index contributed by atoms with van der Waals surface area (Å²) in [6.07, 6.45) is 21.1. The first-order valence-corrected chi connectivity index (χ1v) is 15.8. The first-order chi connectivity index (χ1) is 26.9. The molecular formula is C36H29N15O5. The van der Waals surface area contributed by atoms with Gasteiger partial charge in [-0.15, -0.1) is 5.10 Å². The van der Waals surface area contributed by atoms with Gasteiger partial charge in [-0.2, -0.15) is 10.1 Å². The third-order valence-electron chi connectivity index (χ3n) is 6.98. The van der Waals surface area contributed by atoms with Crippen molar-refractivity contribution in [2.45, 2.75) is 7.43 Å². The number of nitrogens with zero attached hydrogens (tertiary/aromatic N) is 15. The van der Waals surface area contributed by atoms with Gasteiger partial charge in [-0.3, -0.25) is 46.2 Å². The summed E-state index contributed by atoms with van der Waals surface area (Å²) >= 11 is 0. The first kappa shape index (κ1) is 38.7. The maximum absolute atomic E-state index is 11.1. The fourth-order valence-electron chi connectivity index (χ4n) is 4.46. The second-order valence-electron chi connectivity index (χ2n) is 10.4. The van der Waals surface area contributed by atoms with Crippen LogP contribution in [0.3, 0.4) is 0 Å². The molecule has 0 fully saturated rings. The highest BCUT2D eigenvalue weighted by Crippen LogP contribution is 1.93. The van der Waals surface area contributed by atoms with Crippen LogP contribution in [0.1, 0.15) is 7.43 Å². The van der Waals surface area contributed by atoms with E-state index in [1.54, 1.807) is 86.0 Å². The van der Waals surface area contributed by atoms with Crippen LogP contribution in [-0.2, 0) is 0 Å². The van der Waals surface area contributed by atoms with E-state index >= 15 is 0 Å². The zero-order valence-electron chi connectivity index (χ0n) is 28.2. The second kappa shape index (κ2) is 18.8. The van der Waals surface area contributed by atoms with Crippen molar-refractivity contribution in [3.05, 3.63) is 206 Å². The molecule has 0 saturated carbocycles. The summed E-state index contributed by atoms with van der Waals surface area (Å²) in [5.41, 5.74) is 1.62. The predicted molar refractivity (Wildman–Crippen MR) is 203 cm³/mol. The largest absolute Gasteiger partial charge is 0.354 e. The molecule has 20 nitrogen and oxygen atoms in total. The molecule has 0 bridgehead atoms. The van der Waals surface area contributed by atoms with E-state index in [-0.39, 0.29) is 35.4 Å². The molecule has 10 aromatic heterocycles. The molecule has 0 aromatic carbocycles. The monoisotopic (exact) mass is 751 g/mol. The quantitative estimate of drug-likeness (QED) is 0.211. The Morgan fingerprint density at radius 3 is 1.75 bits per heavy atom. The van der Waals surface area contributed by atoms with Crippen molar-refractivity contribution in [2.24, 2.45) is 0 Å². The highest BCUT2D eigenvalue weighted by molar-refractivity contribution is 5.36. The van der Waals surface area contributed by atoms with E-state index in [0.717, 1.165) is 0 Å². The Hall–Kier alpha value is -8.55. The number of fused-ring (bicyclic) bond motifs is 5. The minimum absolute atomic E-state index is 0. The Balaban J connectivity index is 0.000000133. The standard InChI is InChI=1S/5C7H5N3O.CH4/c11-7-2-4-9-6-1-3-8-5-10(6)7;11-6-2-4-9-7-8-3-1-5-10(6)7;11-7-1-2-9-6-5-8-3-4-10(6)7;11-7-9-5-8-6-3-1-2-4-10(6)7;11-7-5-8-9-6-3-1-2-4-10(6)7;/h5*1-5H;1H4. The van der Waals surface area contributed by atoms with Crippen LogP contribution in [0, 0.1) is 0 Å². The molecule has 0 unspecified atom stereocenters. The van der Waals surface area contributed by atoms with Crippen LogP contribution in [0.25, 0.3) is 28.4 Å². The molecule has 0 amide bonds. The number of rotatable bonds is 0. The summed E-state index contributed by atoms with van der Waals surface area (Å²) in [6.45, 7) is 0. The third-order valence-corrected chi connectivity index (χ3v) is 6.98. The summed E-state index contributed by atoms with van der Waals surface area (Å²) < 4.78 is 7.04. The van der Waals surface area contributed by atoms with E-state index in [9.17, 15) is 24.0 Å². The maximum atomic E-state index is 11.1. The normalized spacial score (nSPS) is 10.0. The smallest absolute Gasteiger partial charge is 0.269 e. The molecule has 56 heavy (non-hydrogen) atoms. The zero-order valence-corrected chi connectivity index (χ0v) is 28.2. The predicted octanol–water partition coefficient (Wildman–Crippen LogP) is 1.08. The van der Waals surface area contributed by atoms with Crippen LogP contribution >= 0.6 is 0 Å². The Morgan fingerprint density at radius 1 is 0.411 bits per heavy atom. The lowest BCUT2D eigenvalue weighted by Gasteiger charge is -1.94. The molecule has 0 N–H and O–H groups in total. The zero-order chi connectivity index (χ0) is 38.4. The van der Waals surface area contributed by atoms with Crippen molar-refractivity contribution < 1.29 is 0 Å². The summed E-state index contributed by atoms with van der Waals surface area (Å²) in [4.78, 5) is 85.9. The Bertz CT molecular complexity index is 2640. The van der Waals surface area contributed by atoms with E-state index in [4.69, 9.17) is 0 Å². The summed E-state index contributed by atoms with van der Waals surface area (Å²) in [5.74, 6) is 0.431. The van der Waals surface area contributed by atoms with Gasteiger partial charge in [0.05, 0.1) is 6.20 Å². The van der Waals surface area contributed by atoms with Gasteiger partial charge < -0.3 is 0 Å². The highest BCUT2D eigenvalue weighted by atomic mass is 16.1. The van der Waals surface area contributed by atoms with Crippen LogP contribution in [0.5, 0.6) is 0 Å². The van der Waals surface area contributed by atoms with Gasteiger partial charge in [-0.1, -0.05) is 19.6 Å². The van der Waals surface area contributed by atoms with Crippen molar-refractivity contribution in [3.63, 3.8) is 0 Å². The van der Waals surface area contributed by atoms with Gasteiger partial charge in [0, 0.05) is 80.2 Å². The third kappa shape index (κ3) is 9.65. The summed E-state index contributed by atoms with van der Waals surface area (Å²) in [6, 6.07) is 18.2. The maximum Gasteiger partial charge on any atom is 0.354 e. The van der Waals surface area contributed by atoms with Crippen molar-refractivity contribution in [3.8, 4) is 0 Å². The summed E-state index contributed by atoms with van der Waals surface area (Å²) in [5, 5.41) is 7.28. The van der Waals surface area contributed by atoms with Crippen LogP contribution in [0.4, 0.5) is 0 Å². The van der Waals surface area contributed by atoms with Gasteiger partial charge >= 0.3 is 5.69 Å². The van der Waals surface area contributed by atoms with Crippen molar-refractivity contribution in [1.29, 1.82) is 0 Å².